The minimum absolute atomic E-state index is 0.0585. The maximum atomic E-state index is 14.7. The van der Waals surface area contributed by atoms with Crippen LogP contribution < -0.4 is 9.64 Å². The Kier molecular flexibility index (Phi) is 8.25. The van der Waals surface area contributed by atoms with E-state index in [1.807, 2.05) is 30.1 Å². The Morgan fingerprint density at radius 1 is 0.972 bits per heavy atom. The van der Waals surface area contributed by atoms with Gasteiger partial charge < -0.3 is 27.7 Å². The molecule has 4 rings (SSSR count). The van der Waals surface area contributed by atoms with Crippen LogP contribution in [-0.4, -0.2) is 49.6 Å². The van der Waals surface area contributed by atoms with Crippen LogP contribution in [0.3, 0.4) is 0 Å². The van der Waals surface area contributed by atoms with Crippen molar-refractivity contribution in [2.24, 2.45) is 0 Å². The van der Waals surface area contributed by atoms with E-state index in [0.29, 0.717) is 13.0 Å². The van der Waals surface area contributed by atoms with Crippen LogP contribution in [-0.2, 0) is 27.2 Å². The van der Waals surface area contributed by atoms with Crippen molar-refractivity contribution in [2.75, 3.05) is 25.1 Å². The van der Waals surface area contributed by atoms with Crippen molar-refractivity contribution in [1.82, 2.24) is 4.98 Å². The molecule has 2 saturated heterocycles. The molecule has 0 amide bonds. The third-order valence-electron chi connectivity index (χ3n) is 6.36. The lowest BCUT2D eigenvalue weighted by Gasteiger charge is -2.27. The zero-order chi connectivity index (χ0) is 26.1. The Morgan fingerprint density at radius 3 is 2.08 bits per heavy atom. The lowest BCUT2D eigenvalue weighted by molar-refractivity contribution is 0.187. The van der Waals surface area contributed by atoms with Crippen LogP contribution in [0.1, 0.15) is 45.1 Å². The summed E-state index contributed by atoms with van der Waals surface area (Å²) in [6.45, 7) is 7.75. The molecule has 0 spiro atoms. The van der Waals surface area contributed by atoms with Gasteiger partial charge in [-0.1, -0.05) is 12.1 Å². The molecule has 0 N–H and O–H groups in total. The Labute approximate surface area is 211 Å². The fourth-order valence-corrected chi connectivity index (χ4v) is 10.2. The predicted molar refractivity (Wildman–Crippen MR) is 134 cm³/mol. The van der Waals surface area contributed by atoms with Crippen molar-refractivity contribution in [3.05, 3.63) is 54.0 Å². The molecule has 36 heavy (non-hydrogen) atoms. The van der Waals surface area contributed by atoms with E-state index in [0.717, 1.165) is 5.82 Å². The number of nitrogens with zero attached hydrogens (tertiary/aromatic N) is 2. The van der Waals surface area contributed by atoms with E-state index < -0.39 is 50.8 Å². The van der Waals surface area contributed by atoms with E-state index in [4.69, 9.17) is 22.8 Å². The molecule has 2 aliphatic heterocycles. The van der Waals surface area contributed by atoms with E-state index in [1.165, 1.54) is 18.2 Å². The number of ether oxygens (including phenoxy) is 1. The van der Waals surface area contributed by atoms with Gasteiger partial charge in [0.05, 0.1) is 31.0 Å². The average Bonchev–Trinajstić information content (AvgIpc) is 3.25. The fourth-order valence-electron chi connectivity index (χ4n) is 4.06. The van der Waals surface area contributed by atoms with Crippen molar-refractivity contribution in [1.29, 1.82) is 0 Å². The van der Waals surface area contributed by atoms with Gasteiger partial charge >= 0.3 is 15.2 Å². The second kappa shape index (κ2) is 10.9. The van der Waals surface area contributed by atoms with Crippen LogP contribution in [0.4, 0.5) is 10.2 Å². The minimum Gasteiger partial charge on any atom is -0.490 e. The highest BCUT2D eigenvalue weighted by molar-refractivity contribution is 7.72. The number of aromatic nitrogens is 1. The number of pyridine rings is 1. The quantitative estimate of drug-likeness (QED) is 0.273. The van der Waals surface area contributed by atoms with Crippen LogP contribution in [0.2, 0.25) is 0 Å². The molecule has 9 nitrogen and oxygen atoms in total. The van der Waals surface area contributed by atoms with Gasteiger partial charge in [0.1, 0.15) is 5.82 Å². The first-order chi connectivity index (χ1) is 17.0. The molecule has 1 aromatic heterocycles. The van der Waals surface area contributed by atoms with Gasteiger partial charge in [-0.05, 0) is 63.9 Å². The molecule has 0 bridgehead atoms. The summed E-state index contributed by atoms with van der Waals surface area (Å²) in [7, 11) is -6.09. The third kappa shape index (κ3) is 5.69. The van der Waals surface area contributed by atoms with Gasteiger partial charge in [0.15, 0.2) is 17.0 Å². The van der Waals surface area contributed by atoms with Gasteiger partial charge in [-0.3, -0.25) is 9.13 Å². The topological polar surface area (TPSA) is 96.4 Å². The highest BCUT2D eigenvalue weighted by atomic mass is 31.2. The summed E-state index contributed by atoms with van der Waals surface area (Å²) in [6.07, 6.45) is 0.350. The Balaban J connectivity index is 1.54. The fraction of sp³-hybridized carbons (Fsp3) is 0.542. The molecule has 2 unspecified atom stereocenters. The van der Waals surface area contributed by atoms with E-state index in [-0.39, 0.29) is 17.9 Å². The zero-order valence-electron chi connectivity index (χ0n) is 21.1. The van der Waals surface area contributed by atoms with Crippen LogP contribution in [0.25, 0.3) is 0 Å². The average molecular weight is 542 g/mol. The molecule has 2 aliphatic rings. The molecule has 6 atom stereocenters. The molecule has 3 heterocycles. The SMILES string of the molecule is C[C@@H]1OP(=O)(C(c2ccc(F)c(OCCCN(C)c3ccccn3)c2)P2(=O)O[C@@H](C)[C@@H](C)O2)O[C@@H]1C. The number of rotatable bonds is 9. The molecular weight excluding hydrogens is 509 g/mol. The van der Waals surface area contributed by atoms with Crippen molar-refractivity contribution in [3.63, 3.8) is 0 Å². The van der Waals surface area contributed by atoms with E-state index >= 15 is 0 Å². The summed E-state index contributed by atoms with van der Waals surface area (Å²) in [5.74, 6) is 0.164. The van der Waals surface area contributed by atoms with Gasteiger partial charge in [-0.2, -0.15) is 0 Å². The summed E-state index contributed by atoms with van der Waals surface area (Å²) in [5, 5.41) is -1.37. The van der Waals surface area contributed by atoms with Gasteiger partial charge in [-0.15, -0.1) is 0 Å². The molecule has 0 radical (unpaired) electrons. The molecule has 0 saturated carbocycles. The molecule has 2 fully saturated rings. The van der Waals surface area contributed by atoms with Crippen molar-refractivity contribution in [3.8, 4) is 5.75 Å². The number of halogens is 1. The standard InChI is InChI=1S/C24H33FN2O7P2/c1-16-17(2)32-35(28,31-16)24(36(29)33-18(3)19(4)34-36)20-10-11-21(25)22(15-20)30-14-8-13-27(5)23-9-6-7-12-26-23/h6-7,9-12,15-19,24H,8,13-14H2,1-5H3/t16-,17+,18-,19+,24?,35?,36?. The second-order valence-electron chi connectivity index (χ2n) is 9.20. The Bertz CT molecular complexity index is 1090. The Morgan fingerprint density at radius 2 is 1.56 bits per heavy atom. The van der Waals surface area contributed by atoms with Gasteiger partial charge in [0, 0.05) is 19.8 Å². The van der Waals surface area contributed by atoms with Gasteiger partial charge in [0.2, 0.25) is 0 Å². The number of hydrogen-bond acceptors (Lipinski definition) is 9. The summed E-state index contributed by atoms with van der Waals surface area (Å²) in [6, 6.07) is 9.60. The predicted octanol–water partition coefficient (Wildman–Crippen LogP) is 6.16. The van der Waals surface area contributed by atoms with Crippen molar-refractivity contribution < 1.29 is 36.4 Å². The van der Waals surface area contributed by atoms with Crippen LogP contribution >= 0.6 is 15.2 Å². The largest absolute Gasteiger partial charge is 0.490 e. The van der Waals surface area contributed by atoms with E-state index in [2.05, 4.69) is 4.98 Å². The normalized spacial score (nSPS) is 32.9. The van der Waals surface area contributed by atoms with Gasteiger partial charge in [-0.25, -0.2) is 9.37 Å². The van der Waals surface area contributed by atoms with Crippen LogP contribution in [0.5, 0.6) is 5.75 Å². The van der Waals surface area contributed by atoms with Gasteiger partial charge in [0.25, 0.3) is 0 Å². The smallest absolute Gasteiger partial charge is 0.350 e. The summed E-state index contributed by atoms with van der Waals surface area (Å²) in [5.41, 5.74) is 0.242. The summed E-state index contributed by atoms with van der Waals surface area (Å²) in [4.78, 5) is 6.26. The van der Waals surface area contributed by atoms with Crippen molar-refractivity contribution >= 4 is 21.0 Å². The third-order valence-corrected chi connectivity index (χ3v) is 12.4. The monoisotopic (exact) mass is 542 g/mol. The molecule has 198 valence electrons. The molecule has 1 aromatic carbocycles. The van der Waals surface area contributed by atoms with Crippen LogP contribution in [0.15, 0.2) is 42.6 Å². The molecule has 12 heteroatoms. The lowest BCUT2D eigenvalue weighted by atomic mass is 10.2. The number of benzene rings is 1. The first-order valence-corrected chi connectivity index (χ1v) is 15.2. The number of hydrogen-bond donors (Lipinski definition) is 0. The highest BCUT2D eigenvalue weighted by Crippen LogP contribution is 2.82. The molecule has 0 aliphatic carbocycles. The maximum Gasteiger partial charge on any atom is 0.350 e. The minimum atomic E-state index is -4.00. The zero-order valence-corrected chi connectivity index (χ0v) is 22.9. The summed E-state index contributed by atoms with van der Waals surface area (Å²) < 4.78 is 71.0. The number of anilines is 1. The molecular formula is C24H33FN2O7P2. The molecule has 2 aromatic rings. The first kappa shape index (κ1) is 27.2. The summed E-state index contributed by atoms with van der Waals surface area (Å²) >= 11 is 0. The Hall–Kier alpha value is -1.80. The highest BCUT2D eigenvalue weighted by Gasteiger charge is 2.60. The van der Waals surface area contributed by atoms with Crippen molar-refractivity contribution in [2.45, 2.75) is 63.9 Å². The lowest BCUT2D eigenvalue weighted by Crippen LogP contribution is -2.21. The van der Waals surface area contributed by atoms with E-state index in [1.54, 1.807) is 33.9 Å². The second-order valence-corrected chi connectivity index (χ2v) is 13.6. The maximum absolute atomic E-state index is 14.7. The van der Waals surface area contributed by atoms with E-state index in [9.17, 15) is 13.5 Å². The first-order valence-electron chi connectivity index (χ1n) is 12.0. The van der Waals surface area contributed by atoms with Crippen LogP contribution in [0, 0.1) is 5.82 Å².